The largest absolute Gasteiger partial charge is 0.441 e. The van der Waals surface area contributed by atoms with Gasteiger partial charge >= 0.3 is 0 Å². The highest BCUT2D eigenvalue weighted by molar-refractivity contribution is 5.76. The van der Waals surface area contributed by atoms with Crippen LogP contribution in [0.4, 0.5) is 4.39 Å². The molecule has 0 aliphatic carbocycles. The number of amides is 1. The van der Waals surface area contributed by atoms with Crippen LogP contribution in [0.25, 0.3) is 11.3 Å². The fourth-order valence-electron chi connectivity index (χ4n) is 2.53. The van der Waals surface area contributed by atoms with Gasteiger partial charge in [0.05, 0.1) is 12.2 Å². The van der Waals surface area contributed by atoms with Crippen molar-refractivity contribution in [3.8, 4) is 11.3 Å². The Balaban J connectivity index is 1.53. The van der Waals surface area contributed by atoms with Gasteiger partial charge in [0.15, 0.2) is 11.7 Å². The quantitative estimate of drug-likeness (QED) is 0.729. The molecule has 1 heterocycles. The summed E-state index contributed by atoms with van der Waals surface area (Å²) in [6.45, 7) is 1.95. The third kappa shape index (κ3) is 4.53. The molecule has 0 radical (unpaired) electrons. The molecule has 0 saturated heterocycles. The van der Waals surface area contributed by atoms with Crippen molar-refractivity contribution in [2.24, 2.45) is 0 Å². The molecule has 0 aliphatic heterocycles. The predicted octanol–water partition coefficient (Wildman–Crippen LogP) is 4.29. The zero-order valence-corrected chi connectivity index (χ0v) is 13.9. The van der Waals surface area contributed by atoms with Crippen LogP contribution in [-0.2, 0) is 11.2 Å². The van der Waals surface area contributed by atoms with E-state index in [1.807, 2.05) is 37.3 Å². The Kier molecular flexibility index (Phi) is 5.23. The minimum atomic E-state index is -0.298. The topological polar surface area (TPSA) is 55.1 Å². The number of carbonyl (C=O) groups excluding carboxylic acids is 1. The average Bonchev–Trinajstić information content (AvgIpc) is 3.10. The van der Waals surface area contributed by atoms with Gasteiger partial charge in [-0.1, -0.05) is 30.3 Å². The highest BCUT2D eigenvalue weighted by Gasteiger charge is 2.12. The van der Waals surface area contributed by atoms with E-state index in [2.05, 4.69) is 10.3 Å². The van der Waals surface area contributed by atoms with Crippen molar-refractivity contribution in [2.75, 3.05) is 0 Å². The van der Waals surface area contributed by atoms with E-state index in [0.29, 0.717) is 24.5 Å². The Labute approximate surface area is 145 Å². The second-order valence-electron chi connectivity index (χ2n) is 5.83. The first kappa shape index (κ1) is 16.9. The van der Waals surface area contributed by atoms with Crippen molar-refractivity contribution in [1.29, 1.82) is 0 Å². The number of oxazole rings is 1. The van der Waals surface area contributed by atoms with Crippen LogP contribution in [0.1, 0.15) is 30.8 Å². The van der Waals surface area contributed by atoms with Gasteiger partial charge in [-0.25, -0.2) is 9.37 Å². The molecule has 0 bridgehead atoms. The Morgan fingerprint density at radius 1 is 1.16 bits per heavy atom. The van der Waals surface area contributed by atoms with Crippen LogP contribution in [0.2, 0.25) is 0 Å². The summed E-state index contributed by atoms with van der Waals surface area (Å²) in [5, 5.41) is 2.96. The SMILES string of the molecule is CC(NC(=O)CCc1ncc(-c2ccc(F)cc2)o1)c1ccccc1. The maximum atomic E-state index is 13.0. The molecular weight excluding hydrogens is 319 g/mol. The van der Waals surface area contributed by atoms with Gasteiger partial charge in [0.25, 0.3) is 0 Å². The molecule has 4 nitrogen and oxygen atoms in total. The molecule has 3 aromatic rings. The van der Waals surface area contributed by atoms with E-state index in [-0.39, 0.29) is 17.8 Å². The molecule has 1 atom stereocenters. The first-order valence-corrected chi connectivity index (χ1v) is 8.17. The lowest BCUT2D eigenvalue weighted by atomic mass is 10.1. The van der Waals surface area contributed by atoms with Crippen molar-refractivity contribution in [1.82, 2.24) is 10.3 Å². The van der Waals surface area contributed by atoms with Crippen LogP contribution < -0.4 is 5.32 Å². The number of halogens is 1. The van der Waals surface area contributed by atoms with Crippen LogP contribution in [0, 0.1) is 5.82 Å². The maximum absolute atomic E-state index is 13.0. The fourth-order valence-corrected chi connectivity index (χ4v) is 2.53. The number of nitrogens with one attached hydrogen (secondary N) is 1. The highest BCUT2D eigenvalue weighted by Crippen LogP contribution is 2.21. The van der Waals surface area contributed by atoms with Gasteiger partial charge in [-0.3, -0.25) is 4.79 Å². The molecule has 1 aromatic heterocycles. The maximum Gasteiger partial charge on any atom is 0.220 e. The standard InChI is InChI=1S/C20H19FN2O2/c1-14(15-5-3-2-4-6-15)23-19(24)11-12-20-22-13-18(25-20)16-7-9-17(21)10-8-16/h2-10,13-14H,11-12H2,1H3,(H,23,24). The van der Waals surface area contributed by atoms with Gasteiger partial charge in [0.2, 0.25) is 5.91 Å². The summed E-state index contributed by atoms with van der Waals surface area (Å²) in [6, 6.07) is 15.8. The van der Waals surface area contributed by atoms with Gasteiger partial charge in [-0.2, -0.15) is 0 Å². The second kappa shape index (κ2) is 7.75. The number of aryl methyl sites for hydroxylation is 1. The van der Waals surface area contributed by atoms with E-state index in [1.54, 1.807) is 18.3 Å². The monoisotopic (exact) mass is 338 g/mol. The lowest BCUT2D eigenvalue weighted by Gasteiger charge is -2.13. The van der Waals surface area contributed by atoms with Crippen LogP contribution in [0.15, 0.2) is 65.2 Å². The van der Waals surface area contributed by atoms with E-state index >= 15 is 0 Å². The summed E-state index contributed by atoms with van der Waals surface area (Å²) in [4.78, 5) is 16.3. The van der Waals surface area contributed by atoms with Gasteiger partial charge < -0.3 is 9.73 Å². The van der Waals surface area contributed by atoms with E-state index < -0.39 is 0 Å². The molecule has 0 spiro atoms. The third-order valence-corrected chi connectivity index (χ3v) is 3.93. The number of hydrogen-bond acceptors (Lipinski definition) is 3. The summed E-state index contributed by atoms with van der Waals surface area (Å²) in [6.07, 6.45) is 2.29. The molecule has 5 heteroatoms. The predicted molar refractivity (Wildman–Crippen MR) is 93.2 cm³/mol. The molecule has 1 unspecified atom stereocenters. The summed E-state index contributed by atoms with van der Waals surface area (Å²) < 4.78 is 18.6. The average molecular weight is 338 g/mol. The zero-order valence-electron chi connectivity index (χ0n) is 13.9. The number of nitrogens with zero attached hydrogens (tertiary/aromatic N) is 1. The molecule has 1 N–H and O–H groups in total. The minimum Gasteiger partial charge on any atom is -0.441 e. The summed E-state index contributed by atoms with van der Waals surface area (Å²) in [5.74, 6) is 0.695. The van der Waals surface area contributed by atoms with Crippen LogP contribution in [0.5, 0.6) is 0 Å². The Hall–Kier alpha value is -2.95. The van der Waals surface area contributed by atoms with Gasteiger partial charge in [-0.05, 0) is 36.8 Å². The normalized spacial score (nSPS) is 11.9. The number of carbonyl (C=O) groups is 1. The fraction of sp³-hybridized carbons (Fsp3) is 0.200. The van der Waals surface area contributed by atoms with Crippen molar-refractivity contribution < 1.29 is 13.6 Å². The smallest absolute Gasteiger partial charge is 0.220 e. The Bertz CT molecular complexity index is 828. The van der Waals surface area contributed by atoms with Crippen molar-refractivity contribution in [3.05, 3.63) is 78.1 Å². The number of aromatic nitrogens is 1. The zero-order chi connectivity index (χ0) is 17.6. The Morgan fingerprint density at radius 2 is 1.88 bits per heavy atom. The minimum absolute atomic E-state index is 0.0481. The van der Waals surface area contributed by atoms with Crippen molar-refractivity contribution in [3.63, 3.8) is 0 Å². The lowest BCUT2D eigenvalue weighted by molar-refractivity contribution is -0.121. The summed E-state index contributed by atoms with van der Waals surface area (Å²) in [5.41, 5.74) is 1.81. The van der Waals surface area contributed by atoms with E-state index in [9.17, 15) is 9.18 Å². The van der Waals surface area contributed by atoms with Crippen LogP contribution in [0.3, 0.4) is 0 Å². The van der Waals surface area contributed by atoms with Crippen molar-refractivity contribution in [2.45, 2.75) is 25.8 Å². The number of rotatable bonds is 6. The molecule has 0 aliphatic rings. The lowest BCUT2D eigenvalue weighted by Crippen LogP contribution is -2.26. The molecule has 2 aromatic carbocycles. The van der Waals surface area contributed by atoms with E-state index in [4.69, 9.17) is 4.42 Å². The first-order valence-electron chi connectivity index (χ1n) is 8.17. The molecular formula is C20H19FN2O2. The third-order valence-electron chi connectivity index (χ3n) is 3.93. The first-order chi connectivity index (χ1) is 12.1. The van der Waals surface area contributed by atoms with Gasteiger partial charge in [0, 0.05) is 18.4 Å². The van der Waals surface area contributed by atoms with Crippen LogP contribution >= 0.6 is 0 Å². The van der Waals surface area contributed by atoms with Gasteiger partial charge in [0.1, 0.15) is 5.82 Å². The second-order valence-corrected chi connectivity index (χ2v) is 5.83. The molecule has 1 amide bonds. The molecule has 0 saturated carbocycles. The summed E-state index contributed by atoms with van der Waals surface area (Å²) >= 11 is 0. The molecule has 25 heavy (non-hydrogen) atoms. The summed E-state index contributed by atoms with van der Waals surface area (Å²) in [7, 11) is 0. The molecule has 0 fully saturated rings. The molecule has 128 valence electrons. The van der Waals surface area contributed by atoms with Gasteiger partial charge in [-0.15, -0.1) is 0 Å². The van der Waals surface area contributed by atoms with E-state index in [1.165, 1.54) is 12.1 Å². The van der Waals surface area contributed by atoms with Crippen LogP contribution in [-0.4, -0.2) is 10.9 Å². The number of benzene rings is 2. The van der Waals surface area contributed by atoms with E-state index in [0.717, 1.165) is 11.1 Å². The highest BCUT2D eigenvalue weighted by atomic mass is 19.1. The number of hydrogen-bond donors (Lipinski definition) is 1. The molecule has 3 rings (SSSR count). The Morgan fingerprint density at radius 3 is 2.60 bits per heavy atom. The van der Waals surface area contributed by atoms with Crippen molar-refractivity contribution >= 4 is 5.91 Å².